The van der Waals surface area contributed by atoms with Crippen molar-refractivity contribution in [2.24, 2.45) is 0 Å². The maximum absolute atomic E-state index is 12.1. The van der Waals surface area contributed by atoms with Crippen LogP contribution in [0.5, 0.6) is 0 Å². The Labute approximate surface area is 152 Å². The third-order valence-electron chi connectivity index (χ3n) is 4.45. The van der Waals surface area contributed by atoms with Crippen molar-refractivity contribution in [3.05, 3.63) is 60.2 Å². The van der Waals surface area contributed by atoms with Crippen molar-refractivity contribution in [2.75, 3.05) is 6.61 Å². The van der Waals surface area contributed by atoms with Crippen LogP contribution in [0.4, 0.5) is 0 Å². The second kappa shape index (κ2) is 11.5. The highest BCUT2D eigenvalue weighted by Gasteiger charge is 2.10. The van der Waals surface area contributed by atoms with Gasteiger partial charge in [-0.15, -0.1) is 0 Å². The van der Waals surface area contributed by atoms with Crippen LogP contribution in [-0.2, 0) is 16.0 Å². The molecule has 2 nitrogen and oxygen atoms in total. The van der Waals surface area contributed by atoms with Gasteiger partial charge < -0.3 is 4.74 Å². The number of hydrogen-bond acceptors (Lipinski definition) is 2. The molecule has 25 heavy (non-hydrogen) atoms. The van der Waals surface area contributed by atoms with E-state index in [1.807, 2.05) is 36.4 Å². The van der Waals surface area contributed by atoms with Crippen LogP contribution in [0.3, 0.4) is 0 Å². The number of carbonyl (C=O) groups is 1. The van der Waals surface area contributed by atoms with Gasteiger partial charge in [0.15, 0.2) is 0 Å². The van der Waals surface area contributed by atoms with Gasteiger partial charge in [-0.1, -0.05) is 100 Å². The van der Waals surface area contributed by atoms with Crippen LogP contribution in [-0.4, -0.2) is 12.6 Å². The molecular formula is C23H30O2. The molecule has 2 heteroatoms. The van der Waals surface area contributed by atoms with Crippen LogP contribution < -0.4 is 0 Å². The van der Waals surface area contributed by atoms with Crippen LogP contribution in [0.1, 0.15) is 57.4 Å². The summed E-state index contributed by atoms with van der Waals surface area (Å²) in [7, 11) is 0. The van der Waals surface area contributed by atoms with Crippen molar-refractivity contribution in [3.8, 4) is 11.1 Å². The SMILES string of the molecule is CCCCCCCCCOC(=O)Cc1ccccc1-c1ccccc1. The molecule has 0 N–H and O–H groups in total. The predicted molar refractivity (Wildman–Crippen MR) is 105 cm³/mol. The molecule has 0 aromatic heterocycles. The molecule has 0 unspecified atom stereocenters. The first-order valence-corrected chi connectivity index (χ1v) is 9.60. The fraction of sp³-hybridized carbons (Fsp3) is 0.435. The van der Waals surface area contributed by atoms with Crippen molar-refractivity contribution < 1.29 is 9.53 Å². The van der Waals surface area contributed by atoms with E-state index in [1.54, 1.807) is 0 Å². The summed E-state index contributed by atoms with van der Waals surface area (Å²) in [6, 6.07) is 18.2. The highest BCUT2D eigenvalue weighted by atomic mass is 16.5. The number of rotatable bonds is 11. The number of benzene rings is 2. The normalized spacial score (nSPS) is 10.6. The molecule has 0 amide bonds. The molecule has 2 aromatic carbocycles. The summed E-state index contributed by atoms with van der Waals surface area (Å²) < 4.78 is 5.43. The molecule has 2 rings (SSSR count). The minimum atomic E-state index is -0.130. The highest BCUT2D eigenvalue weighted by Crippen LogP contribution is 2.24. The summed E-state index contributed by atoms with van der Waals surface area (Å²) in [5.41, 5.74) is 3.27. The lowest BCUT2D eigenvalue weighted by atomic mass is 9.98. The molecule has 0 aliphatic rings. The summed E-state index contributed by atoms with van der Waals surface area (Å²) in [5.74, 6) is -0.130. The molecule has 0 saturated heterocycles. The molecule has 0 aliphatic carbocycles. The second-order valence-electron chi connectivity index (χ2n) is 6.54. The van der Waals surface area contributed by atoms with Crippen molar-refractivity contribution in [2.45, 2.75) is 58.3 Å². The fourth-order valence-corrected chi connectivity index (χ4v) is 3.03. The fourth-order valence-electron chi connectivity index (χ4n) is 3.03. The van der Waals surface area contributed by atoms with E-state index in [9.17, 15) is 4.79 Å². The van der Waals surface area contributed by atoms with E-state index in [0.717, 1.165) is 29.5 Å². The van der Waals surface area contributed by atoms with Gasteiger partial charge >= 0.3 is 5.97 Å². The molecule has 0 spiro atoms. The lowest BCUT2D eigenvalue weighted by Gasteiger charge is -2.10. The largest absolute Gasteiger partial charge is 0.465 e. The standard InChI is InChI=1S/C23H30O2/c1-2-3-4-5-6-7-13-18-25-23(24)19-21-16-11-12-17-22(21)20-14-9-8-10-15-20/h8-12,14-17H,2-7,13,18-19H2,1H3. The average molecular weight is 338 g/mol. The monoisotopic (exact) mass is 338 g/mol. The number of esters is 1. The van der Waals surface area contributed by atoms with Gasteiger partial charge in [-0.3, -0.25) is 4.79 Å². The Kier molecular flexibility index (Phi) is 8.82. The lowest BCUT2D eigenvalue weighted by molar-refractivity contribution is -0.142. The van der Waals surface area contributed by atoms with E-state index in [-0.39, 0.29) is 5.97 Å². The molecule has 0 bridgehead atoms. The smallest absolute Gasteiger partial charge is 0.310 e. The van der Waals surface area contributed by atoms with Gasteiger partial charge in [0.2, 0.25) is 0 Å². The van der Waals surface area contributed by atoms with Gasteiger partial charge in [-0.2, -0.15) is 0 Å². The molecule has 2 aromatic rings. The molecular weight excluding hydrogens is 308 g/mol. The molecule has 0 heterocycles. The molecule has 0 radical (unpaired) electrons. The van der Waals surface area contributed by atoms with Crippen molar-refractivity contribution >= 4 is 5.97 Å². The van der Waals surface area contributed by atoms with Crippen LogP contribution in [0, 0.1) is 0 Å². The number of ether oxygens (including phenoxy) is 1. The van der Waals surface area contributed by atoms with Gasteiger partial charge in [0, 0.05) is 0 Å². The van der Waals surface area contributed by atoms with E-state index in [1.165, 1.54) is 32.1 Å². The number of unbranched alkanes of at least 4 members (excludes halogenated alkanes) is 6. The van der Waals surface area contributed by atoms with Crippen molar-refractivity contribution in [3.63, 3.8) is 0 Å². The lowest BCUT2D eigenvalue weighted by Crippen LogP contribution is -2.09. The van der Waals surface area contributed by atoms with Gasteiger partial charge in [-0.25, -0.2) is 0 Å². The Morgan fingerprint density at radius 2 is 1.44 bits per heavy atom. The van der Waals surface area contributed by atoms with E-state index < -0.39 is 0 Å². The third kappa shape index (κ3) is 7.13. The quantitative estimate of drug-likeness (QED) is 0.361. The zero-order valence-corrected chi connectivity index (χ0v) is 15.4. The molecule has 134 valence electrons. The van der Waals surface area contributed by atoms with Crippen molar-refractivity contribution in [1.82, 2.24) is 0 Å². The van der Waals surface area contributed by atoms with Gasteiger partial charge in [0.25, 0.3) is 0 Å². The van der Waals surface area contributed by atoms with Crippen LogP contribution in [0.15, 0.2) is 54.6 Å². The third-order valence-corrected chi connectivity index (χ3v) is 4.45. The van der Waals surface area contributed by atoms with E-state index in [2.05, 4.69) is 25.1 Å². The second-order valence-corrected chi connectivity index (χ2v) is 6.54. The summed E-state index contributed by atoms with van der Waals surface area (Å²) in [6.07, 6.45) is 8.93. The first-order valence-electron chi connectivity index (χ1n) is 9.60. The molecule has 0 aliphatic heterocycles. The molecule has 0 fully saturated rings. The maximum atomic E-state index is 12.1. The molecule has 0 saturated carbocycles. The summed E-state index contributed by atoms with van der Waals surface area (Å²) >= 11 is 0. The minimum absolute atomic E-state index is 0.130. The van der Waals surface area contributed by atoms with E-state index in [0.29, 0.717) is 13.0 Å². The van der Waals surface area contributed by atoms with E-state index in [4.69, 9.17) is 4.74 Å². The zero-order valence-electron chi connectivity index (χ0n) is 15.4. The van der Waals surface area contributed by atoms with Crippen molar-refractivity contribution in [1.29, 1.82) is 0 Å². The highest BCUT2D eigenvalue weighted by molar-refractivity contribution is 5.77. The average Bonchev–Trinajstić information content (AvgIpc) is 2.65. The summed E-state index contributed by atoms with van der Waals surface area (Å²) in [4.78, 5) is 12.1. The first-order chi connectivity index (χ1) is 12.3. The minimum Gasteiger partial charge on any atom is -0.465 e. The van der Waals surface area contributed by atoms with Gasteiger partial charge in [-0.05, 0) is 23.1 Å². The first kappa shape index (κ1) is 19.2. The Morgan fingerprint density at radius 1 is 0.800 bits per heavy atom. The Hall–Kier alpha value is -2.09. The predicted octanol–water partition coefficient (Wildman–Crippen LogP) is 6.19. The maximum Gasteiger partial charge on any atom is 0.310 e. The van der Waals surface area contributed by atoms with Crippen LogP contribution in [0.2, 0.25) is 0 Å². The van der Waals surface area contributed by atoms with E-state index >= 15 is 0 Å². The Balaban J connectivity index is 1.74. The number of hydrogen-bond donors (Lipinski definition) is 0. The summed E-state index contributed by atoms with van der Waals surface area (Å²) in [5, 5.41) is 0. The Bertz CT molecular complexity index is 619. The number of carbonyl (C=O) groups excluding carboxylic acids is 1. The van der Waals surface area contributed by atoms with Gasteiger partial charge in [0.05, 0.1) is 13.0 Å². The van der Waals surface area contributed by atoms with Crippen LogP contribution >= 0.6 is 0 Å². The van der Waals surface area contributed by atoms with Gasteiger partial charge in [0.1, 0.15) is 0 Å². The topological polar surface area (TPSA) is 26.3 Å². The summed E-state index contributed by atoms with van der Waals surface area (Å²) in [6.45, 7) is 2.77. The molecule has 0 atom stereocenters. The van der Waals surface area contributed by atoms with Crippen LogP contribution in [0.25, 0.3) is 11.1 Å². The Morgan fingerprint density at radius 3 is 2.20 bits per heavy atom. The zero-order chi connectivity index (χ0) is 17.7.